The van der Waals surface area contributed by atoms with Gasteiger partial charge >= 0.3 is 18.7 Å². The second-order valence-corrected chi connectivity index (χ2v) is 9.93. The lowest BCUT2D eigenvalue weighted by molar-refractivity contribution is -0.253. The molecule has 1 N–H and O–H groups in total. The third kappa shape index (κ3) is 7.54. The zero-order valence-electron chi connectivity index (χ0n) is 23.6. The Morgan fingerprint density at radius 3 is 2.11 bits per heavy atom. The highest BCUT2D eigenvalue weighted by Gasteiger charge is 2.45. The van der Waals surface area contributed by atoms with Crippen LogP contribution in [0, 0.1) is 17.5 Å². The number of benzene rings is 4. The van der Waals surface area contributed by atoms with Crippen LogP contribution in [-0.2, 0) is 18.1 Å². The highest BCUT2D eigenvalue weighted by atomic mass is 19.4. The van der Waals surface area contributed by atoms with Gasteiger partial charge in [-0.2, -0.15) is 30.7 Å². The maximum absolute atomic E-state index is 15.1. The number of halogens is 10. The SMILES string of the molecule is CCOc1cc([C@@](Cc2ccccc2)(NC(=O)c2ccc(F)c(C(F)(F)F)c2)c2cc(F)cc(OC(F)(F)C(F)F)c2)ccc1F. The molecule has 0 radical (unpaired) electrons. The quantitative estimate of drug-likeness (QED) is 0.164. The van der Waals surface area contributed by atoms with Crippen molar-refractivity contribution in [2.75, 3.05) is 6.61 Å². The molecule has 0 fully saturated rings. The summed E-state index contributed by atoms with van der Waals surface area (Å²) in [7, 11) is 0. The van der Waals surface area contributed by atoms with E-state index in [1.165, 1.54) is 19.1 Å². The first-order valence-corrected chi connectivity index (χ1v) is 13.4. The fourth-order valence-corrected chi connectivity index (χ4v) is 4.72. The molecular weight excluding hydrogens is 636 g/mol. The molecule has 4 rings (SSSR count). The molecule has 0 unspecified atom stereocenters. The Bertz CT molecular complexity index is 1700. The van der Waals surface area contributed by atoms with Gasteiger partial charge in [-0.05, 0) is 66.1 Å². The summed E-state index contributed by atoms with van der Waals surface area (Å²) in [5, 5.41) is 2.49. The lowest BCUT2D eigenvalue weighted by Crippen LogP contribution is -2.49. The van der Waals surface area contributed by atoms with Crippen LogP contribution in [0.1, 0.15) is 39.5 Å². The van der Waals surface area contributed by atoms with Crippen LogP contribution >= 0.6 is 0 Å². The molecule has 244 valence electrons. The molecule has 1 atom stereocenters. The van der Waals surface area contributed by atoms with E-state index in [1.807, 2.05) is 0 Å². The Morgan fingerprint density at radius 2 is 1.48 bits per heavy atom. The topological polar surface area (TPSA) is 47.6 Å². The minimum atomic E-state index is -5.20. The molecule has 0 aromatic heterocycles. The minimum absolute atomic E-state index is 0.0467. The van der Waals surface area contributed by atoms with Crippen LogP contribution in [0.4, 0.5) is 43.9 Å². The van der Waals surface area contributed by atoms with Crippen molar-refractivity contribution in [1.29, 1.82) is 0 Å². The van der Waals surface area contributed by atoms with Crippen molar-refractivity contribution in [3.63, 3.8) is 0 Å². The molecule has 0 aliphatic carbocycles. The third-order valence-corrected chi connectivity index (χ3v) is 6.77. The van der Waals surface area contributed by atoms with Crippen molar-refractivity contribution in [2.45, 2.75) is 37.6 Å². The number of hydrogen-bond donors (Lipinski definition) is 1. The number of nitrogens with one attached hydrogen (secondary N) is 1. The van der Waals surface area contributed by atoms with Crippen LogP contribution < -0.4 is 14.8 Å². The van der Waals surface area contributed by atoms with Crippen molar-refractivity contribution in [3.8, 4) is 11.5 Å². The lowest BCUT2D eigenvalue weighted by Gasteiger charge is -2.37. The summed E-state index contributed by atoms with van der Waals surface area (Å²) in [6.45, 7) is 1.48. The molecule has 0 aliphatic rings. The van der Waals surface area contributed by atoms with Crippen LogP contribution in [0.15, 0.2) is 84.9 Å². The van der Waals surface area contributed by atoms with E-state index in [0.717, 1.165) is 36.4 Å². The normalized spacial score (nSPS) is 13.3. The summed E-state index contributed by atoms with van der Waals surface area (Å²) >= 11 is 0. The average molecular weight is 660 g/mol. The van der Waals surface area contributed by atoms with Gasteiger partial charge in [-0.1, -0.05) is 36.4 Å². The van der Waals surface area contributed by atoms with Gasteiger partial charge in [0.05, 0.1) is 17.7 Å². The Morgan fingerprint density at radius 1 is 0.804 bits per heavy atom. The molecule has 4 aromatic rings. The van der Waals surface area contributed by atoms with Gasteiger partial charge in [0.2, 0.25) is 0 Å². The Kier molecular flexibility index (Phi) is 9.88. The fraction of sp³-hybridized carbons (Fsp3) is 0.219. The number of carbonyl (C=O) groups is 1. The van der Waals surface area contributed by atoms with Gasteiger partial charge in [-0.3, -0.25) is 4.79 Å². The summed E-state index contributed by atoms with van der Waals surface area (Å²) in [5.74, 6) is -6.60. The van der Waals surface area contributed by atoms with Crippen LogP contribution in [0.5, 0.6) is 11.5 Å². The van der Waals surface area contributed by atoms with Gasteiger partial charge in [-0.25, -0.2) is 13.2 Å². The summed E-state index contributed by atoms with van der Waals surface area (Å²) in [6, 6.07) is 14.2. The summed E-state index contributed by atoms with van der Waals surface area (Å²) in [4.78, 5) is 13.7. The second kappa shape index (κ2) is 13.3. The number of carbonyl (C=O) groups excluding carboxylic acids is 1. The molecule has 46 heavy (non-hydrogen) atoms. The zero-order valence-corrected chi connectivity index (χ0v) is 23.6. The summed E-state index contributed by atoms with van der Waals surface area (Å²) in [6.07, 6.45) is -15.0. The molecule has 14 heteroatoms. The molecule has 0 spiro atoms. The maximum Gasteiger partial charge on any atom is 0.461 e. The van der Waals surface area contributed by atoms with E-state index < -0.39 is 76.5 Å². The van der Waals surface area contributed by atoms with Crippen molar-refractivity contribution >= 4 is 5.91 Å². The van der Waals surface area contributed by atoms with Crippen LogP contribution in [0.25, 0.3) is 0 Å². The minimum Gasteiger partial charge on any atom is -0.491 e. The largest absolute Gasteiger partial charge is 0.491 e. The highest BCUT2D eigenvalue weighted by molar-refractivity contribution is 5.95. The summed E-state index contributed by atoms with van der Waals surface area (Å²) < 4.78 is 147. The molecule has 1 amide bonds. The molecule has 0 saturated heterocycles. The molecule has 0 heterocycles. The Balaban J connectivity index is 2.01. The van der Waals surface area contributed by atoms with Crippen molar-refractivity contribution < 1.29 is 58.2 Å². The zero-order chi connectivity index (χ0) is 33.9. The highest BCUT2D eigenvalue weighted by Crippen LogP contribution is 2.40. The van der Waals surface area contributed by atoms with Gasteiger partial charge in [-0.15, -0.1) is 0 Å². The van der Waals surface area contributed by atoms with Crippen LogP contribution in [0.3, 0.4) is 0 Å². The van der Waals surface area contributed by atoms with Gasteiger partial charge in [0.1, 0.15) is 17.4 Å². The first-order valence-electron chi connectivity index (χ1n) is 13.4. The predicted molar refractivity (Wildman–Crippen MR) is 145 cm³/mol. The van der Waals surface area contributed by atoms with Crippen molar-refractivity contribution in [3.05, 3.63) is 130 Å². The van der Waals surface area contributed by atoms with E-state index in [9.17, 15) is 44.3 Å². The summed E-state index contributed by atoms with van der Waals surface area (Å²) in [5.41, 5.74) is -4.78. The molecule has 0 saturated carbocycles. The Hall–Kier alpha value is -4.75. The Labute approximate surface area is 255 Å². The van der Waals surface area contributed by atoms with Crippen molar-refractivity contribution in [1.82, 2.24) is 5.32 Å². The predicted octanol–water partition coefficient (Wildman–Crippen LogP) is 8.67. The third-order valence-electron chi connectivity index (χ3n) is 6.77. The van der Waals surface area contributed by atoms with Gasteiger partial charge in [0.25, 0.3) is 5.91 Å². The smallest absolute Gasteiger partial charge is 0.461 e. The van der Waals surface area contributed by atoms with Crippen LogP contribution in [0.2, 0.25) is 0 Å². The standard InChI is InChI=1S/C32H23F10NO3/c1-2-45-27-15-20(9-11-26(27)35)30(17-18-6-4-3-5-7-18,21-13-22(33)16-23(14-21)46-32(41,42)29(36)37)43-28(44)19-8-10-25(34)24(12-19)31(38,39)40/h3-16,29H,2,17H2,1H3,(H,43,44)/t30-/m1/s1. The maximum atomic E-state index is 15.1. The van der Waals surface area contributed by atoms with E-state index in [4.69, 9.17) is 4.74 Å². The molecule has 0 aliphatic heterocycles. The second-order valence-electron chi connectivity index (χ2n) is 9.93. The molecule has 4 nitrogen and oxygen atoms in total. The van der Waals surface area contributed by atoms with E-state index in [1.54, 1.807) is 18.2 Å². The van der Waals surface area contributed by atoms with E-state index >= 15 is 4.39 Å². The molecule has 4 aromatic carbocycles. The van der Waals surface area contributed by atoms with E-state index in [-0.39, 0.29) is 24.0 Å². The van der Waals surface area contributed by atoms with Gasteiger partial charge in [0, 0.05) is 18.1 Å². The van der Waals surface area contributed by atoms with E-state index in [0.29, 0.717) is 17.7 Å². The van der Waals surface area contributed by atoms with Gasteiger partial charge < -0.3 is 14.8 Å². The molecule has 0 bridgehead atoms. The van der Waals surface area contributed by atoms with Gasteiger partial charge in [0.15, 0.2) is 11.6 Å². The first-order chi connectivity index (χ1) is 21.6. The van der Waals surface area contributed by atoms with E-state index in [2.05, 4.69) is 10.1 Å². The number of hydrogen-bond acceptors (Lipinski definition) is 3. The molecular formula is C32H23F10NO3. The average Bonchev–Trinajstić information content (AvgIpc) is 2.97. The monoisotopic (exact) mass is 659 g/mol. The number of rotatable bonds is 11. The number of alkyl halides is 7. The van der Waals surface area contributed by atoms with Crippen LogP contribution in [-0.4, -0.2) is 25.0 Å². The van der Waals surface area contributed by atoms with Crippen molar-refractivity contribution in [2.24, 2.45) is 0 Å². The fourth-order valence-electron chi connectivity index (χ4n) is 4.72. The lowest BCUT2D eigenvalue weighted by atomic mass is 9.77. The number of amides is 1. The number of ether oxygens (including phenoxy) is 2. The first kappa shape index (κ1) is 34.1.